The van der Waals surface area contributed by atoms with Gasteiger partial charge in [-0.2, -0.15) is 0 Å². The Morgan fingerprint density at radius 3 is 2.80 bits per heavy atom. The van der Waals surface area contributed by atoms with E-state index in [0.29, 0.717) is 0 Å². The molecule has 1 aromatic carbocycles. The lowest BCUT2D eigenvalue weighted by Gasteiger charge is -2.04. The smallest absolute Gasteiger partial charge is 0.151 e. The Bertz CT molecular complexity index is 452. The zero-order valence-corrected chi connectivity index (χ0v) is 12.6. The molecule has 2 aromatic rings. The number of hydrogen-bond acceptors (Lipinski definition) is 5. The van der Waals surface area contributed by atoms with Crippen LogP contribution in [-0.4, -0.2) is 41.5 Å². The zero-order valence-electron chi connectivity index (χ0n) is 10.9. The number of hydrogen-bond donors (Lipinski definition) is 2. The van der Waals surface area contributed by atoms with Crippen LogP contribution in [0.1, 0.15) is 13.8 Å². The third-order valence-corrected chi connectivity index (χ3v) is 5.29. The third-order valence-electron chi connectivity index (χ3n) is 2.88. The number of aromatic nitrogens is 1. The van der Waals surface area contributed by atoms with Crippen molar-refractivity contribution in [2.45, 2.75) is 18.2 Å². The van der Waals surface area contributed by atoms with E-state index in [1.807, 2.05) is 23.1 Å². The van der Waals surface area contributed by atoms with Gasteiger partial charge in [-0.15, -0.1) is 11.3 Å². The summed E-state index contributed by atoms with van der Waals surface area (Å²) in [6.07, 6.45) is 1.32. The van der Waals surface area contributed by atoms with Gasteiger partial charge in [0.2, 0.25) is 0 Å². The lowest BCUT2D eigenvalue weighted by Crippen LogP contribution is -2.10. The number of nitrogens with one attached hydrogen (secondary N) is 1. The normalized spacial score (nSPS) is 16.8. The van der Waals surface area contributed by atoms with E-state index in [0.717, 1.165) is 18.5 Å². The molecule has 0 unspecified atom stereocenters. The van der Waals surface area contributed by atoms with Gasteiger partial charge in [0.1, 0.15) is 0 Å². The minimum Gasteiger partial charge on any atom is -0.412 e. The molecule has 0 saturated carbocycles. The lowest BCUT2D eigenvalue weighted by molar-refractivity contribution is 0.399. The van der Waals surface area contributed by atoms with Crippen LogP contribution in [-0.2, 0) is 0 Å². The molecule has 20 heavy (non-hydrogen) atoms. The Kier molecular flexibility index (Phi) is 9.79. The molecule has 1 saturated heterocycles. The molecule has 2 heterocycles. The molecule has 1 fully saturated rings. The lowest BCUT2D eigenvalue weighted by atomic mass is 10.2. The first-order valence-corrected chi connectivity index (χ1v) is 7.86. The summed E-state index contributed by atoms with van der Waals surface area (Å²) in [6, 6.07) is 8.37. The number of para-hydroxylation sites is 1. The largest absolute Gasteiger partial charge is 0.412 e. The molecule has 1 atom stereocenters. The first kappa shape index (κ1) is 19.3. The van der Waals surface area contributed by atoms with Crippen molar-refractivity contribution in [3.63, 3.8) is 0 Å². The molecule has 3 rings (SSSR count). The highest BCUT2D eigenvalue weighted by atomic mass is 32.2. The van der Waals surface area contributed by atoms with Gasteiger partial charge in [0.25, 0.3) is 0 Å². The summed E-state index contributed by atoms with van der Waals surface area (Å²) in [5, 5.41) is 10.4. The number of aliphatic hydroxyl groups is 1. The van der Waals surface area contributed by atoms with Gasteiger partial charge in [0, 0.05) is 12.9 Å². The van der Waals surface area contributed by atoms with E-state index < -0.39 is 0 Å². The van der Waals surface area contributed by atoms with Crippen LogP contribution in [0.5, 0.6) is 0 Å². The average molecular weight is 316 g/mol. The number of nitrogens with zero attached hydrogens (tertiary/aromatic N) is 1. The van der Waals surface area contributed by atoms with Crippen LogP contribution in [0.4, 0.5) is 0 Å². The molecule has 114 valence electrons. The van der Waals surface area contributed by atoms with E-state index in [4.69, 9.17) is 5.11 Å². The van der Waals surface area contributed by atoms with Gasteiger partial charge in [-0.05, 0) is 37.6 Å². The van der Waals surface area contributed by atoms with Crippen LogP contribution in [0, 0.1) is 5.92 Å². The molecule has 0 spiro atoms. The van der Waals surface area contributed by atoms with Crippen LogP contribution in [0.2, 0.25) is 0 Å². The molecule has 1 aliphatic rings. The van der Waals surface area contributed by atoms with E-state index in [1.54, 1.807) is 0 Å². The molecular formula is C14H24N2O2S2. The number of rotatable bonds is 3. The number of thiazole rings is 1. The van der Waals surface area contributed by atoms with Gasteiger partial charge >= 0.3 is 0 Å². The van der Waals surface area contributed by atoms with E-state index in [1.165, 1.54) is 34.3 Å². The second-order valence-electron chi connectivity index (χ2n) is 4.12. The number of aliphatic hydroxyl groups excluding tert-OH is 1. The van der Waals surface area contributed by atoms with Crippen molar-refractivity contribution in [2.75, 3.05) is 26.0 Å². The Hall–Kier alpha value is -0.660. The minimum absolute atomic E-state index is 0. The van der Waals surface area contributed by atoms with E-state index >= 15 is 0 Å². The van der Waals surface area contributed by atoms with Crippen molar-refractivity contribution in [3.8, 4) is 0 Å². The third kappa shape index (κ3) is 5.03. The molecule has 0 aliphatic carbocycles. The summed E-state index contributed by atoms with van der Waals surface area (Å²) in [4.78, 5) is 4.63. The maximum atomic E-state index is 7.00. The monoisotopic (exact) mass is 316 g/mol. The van der Waals surface area contributed by atoms with Gasteiger partial charge in [0.15, 0.2) is 4.34 Å². The number of benzene rings is 1. The maximum Gasteiger partial charge on any atom is 0.151 e. The van der Waals surface area contributed by atoms with E-state index in [2.05, 4.69) is 34.6 Å². The van der Waals surface area contributed by atoms with Crippen molar-refractivity contribution in [1.82, 2.24) is 10.3 Å². The molecule has 1 aliphatic heterocycles. The van der Waals surface area contributed by atoms with Gasteiger partial charge in [-0.3, -0.25) is 0 Å². The standard InChI is InChI=1S/C12H14N2S2.CH4O.CH4.H2O/c1-2-4-11-10(3-1)14-12(16-11)15-8-9-5-6-13-7-9;1-2;;/h1-4,9,13H,5-8H2;2H,1H3;1H4;1H2/t9-;;;/m0.../s1. The number of thioether (sulfide) groups is 1. The zero-order chi connectivity index (χ0) is 12.8. The quantitative estimate of drug-likeness (QED) is 0.853. The molecular weight excluding hydrogens is 292 g/mol. The minimum atomic E-state index is 0. The van der Waals surface area contributed by atoms with Crippen molar-refractivity contribution in [3.05, 3.63) is 24.3 Å². The summed E-state index contributed by atoms with van der Waals surface area (Å²) in [7, 11) is 1.00. The van der Waals surface area contributed by atoms with Crippen molar-refractivity contribution < 1.29 is 10.6 Å². The summed E-state index contributed by atoms with van der Waals surface area (Å²) >= 11 is 3.72. The maximum absolute atomic E-state index is 7.00. The fraction of sp³-hybridized carbons (Fsp3) is 0.500. The fourth-order valence-corrected chi connectivity index (χ4v) is 4.19. The highest BCUT2D eigenvalue weighted by Gasteiger charge is 2.15. The fourth-order valence-electron chi connectivity index (χ4n) is 1.96. The summed E-state index contributed by atoms with van der Waals surface area (Å²) in [6.45, 7) is 2.36. The Morgan fingerprint density at radius 2 is 2.15 bits per heavy atom. The first-order valence-electron chi connectivity index (χ1n) is 6.05. The van der Waals surface area contributed by atoms with Crippen LogP contribution in [0.25, 0.3) is 10.2 Å². The van der Waals surface area contributed by atoms with Crippen LogP contribution in [0.15, 0.2) is 28.6 Å². The SMILES string of the molecule is C.CO.O.c1ccc2sc(SC[C@H]3CCNC3)nc2c1. The van der Waals surface area contributed by atoms with Crippen LogP contribution in [0.3, 0.4) is 0 Å². The molecule has 1 aromatic heterocycles. The second-order valence-corrected chi connectivity index (χ2v) is 6.42. The predicted octanol–water partition coefficient (Wildman–Crippen LogP) is 2.42. The van der Waals surface area contributed by atoms with E-state index in [9.17, 15) is 0 Å². The van der Waals surface area contributed by atoms with Gasteiger partial charge in [0.05, 0.1) is 10.2 Å². The first-order chi connectivity index (χ1) is 8.92. The van der Waals surface area contributed by atoms with Crippen molar-refractivity contribution >= 4 is 33.3 Å². The Balaban J connectivity index is 0.000000866. The van der Waals surface area contributed by atoms with Crippen LogP contribution >= 0.6 is 23.1 Å². The topological polar surface area (TPSA) is 76.7 Å². The average Bonchev–Trinajstić information content (AvgIpc) is 3.07. The molecule has 0 radical (unpaired) electrons. The van der Waals surface area contributed by atoms with Crippen molar-refractivity contribution in [1.29, 1.82) is 0 Å². The summed E-state index contributed by atoms with van der Waals surface area (Å²) in [5.41, 5.74) is 1.14. The highest BCUT2D eigenvalue weighted by molar-refractivity contribution is 8.01. The van der Waals surface area contributed by atoms with Crippen LogP contribution < -0.4 is 5.32 Å². The van der Waals surface area contributed by atoms with Gasteiger partial charge in [-0.25, -0.2) is 4.98 Å². The molecule has 0 bridgehead atoms. The molecule has 6 heteroatoms. The highest BCUT2D eigenvalue weighted by Crippen LogP contribution is 2.31. The molecule has 4 N–H and O–H groups in total. The predicted molar refractivity (Wildman–Crippen MR) is 89.8 cm³/mol. The molecule has 0 amide bonds. The second kappa shape index (κ2) is 10.1. The van der Waals surface area contributed by atoms with Gasteiger partial charge in [-0.1, -0.05) is 31.3 Å². The van der Waals surface area contributed by atoms with Crippen molar-refractivity contribution in [2.24, 2.45) is 5.92 Å². The number of fused-ring (bicyclic) bond motifs is 1. The summed E-state index contributed by atoms with van der Waals surface area (Å²) in [5.74, 6) is 2.03. The van der Waals surface area contributed by atoms with E-state index in [-0.39, 0.29) is 12.9 Å². The Labute approximate surface area is 128 Å². The van der Waals surface area contributed by atoms with Gasteiger partial charge < -0.3 is 15.9 Å². The Morgan fingerprint density at radius 1 is 1.40 bits per heavy atom. The summed E-state index contributed by atoms with van der Waals surface area (Å²) < 4.78 is 2.52. The molecule has 4 nitrogen and oxygen atoms in total.